The zero-order valence-corrected chi connectivity index (χ0v) is 14.3. The van der Waals surface area contributed by atoms with Gasteiger partial charge in [-0.25, -0.2) is 4.98 Å². The molecule has 0 bridgehead atoms. The van der Waals surface area contributed by atoms with E-state index < -0.39 is 0 Å². The van der Waals surface area contributed by atoms with Crippen LogP contribution in [0.4, 0.5) is 0 Å². The topological polar surface area (TPSA) is 70.5 Å². The van der Waals surface area contributed by atoms with Crippen LogP contribution in [0, 0.1) is 13.8 Å². The van der Waals surface area contributed by atoms with Gasteiger partial charge in [0, 0.05) is 23.3 Å². The summed E-state index contributed by atoms with van der Waals surface area (Å²) in [5.41, 5.74) is 3.25. The Kier molecular flexibility index (Phi) is 5.38. The van der Waals surface area contributed by atoms with Crippen molar-refractivity contribution in [1.29, 1.82) is 0 Å². The molecule has 1 aromatic heterocycles. The van der Waals surface area contributed by atoms with Crippen LogP contribution in [0.3, 0.4) is 0 Å². The summed E-state index contributed by atoms with van der Waals surface area (Å²) in [6.07, 6.45) is 6.29. The van der Waals surface area contributed by atoms with Gasteiger partial charge in [-0.2, -0.15) is 5.90 Å². The Morgan fingerprint density at radius 2 is 2.00 bits per heavy atom. The summed E-state index contributed by atoms with van der Waals surface area (Å²) in [6, 6.07) is 6.10. The quantitative estimate of drug-likeness (QED) is 0.479. The van der Waals surface area contributed by atoms with Gasteiger partial charge in [0.25, 0.3) is 0 Å². The van der Waals surface area contributed by atoms with Gasteiger partial charge < -0.3 is 4.42 Å². The number of hydrogen-bond donors (Lipinski definition) is 1. The molecule has 1 aliphatic rings. The van der Waals surface area contributed by atoms with E-state index in [4.69, 9.17) is 14.6 Å². The van der Waals surface area contributed by atoms with Gasteiger partial charge in [-0.15, -0.1) is 9.32 Å². The Hall–Kier alpha value is -1.34. The molecule has 5 nitrogen and oxygen atoms in total. The second kappa shape index (κ2) is 7.49. The first kappa shape index (κ1) is 16.5. The van der Waals surface area contributed by atoms with E-state index in [0.29, 0.717) is 5.92 Å². The van der Waals surface area contributed by atoms with E-state index in [1.165, 1.54) is 32.1 Å². The third kappa shape index (κ3) is 3.77. The van der Waals surface area contributed by atoms with E-state index in [2.05, 4.69) is 16.0 Å². The van der Waals surface area contributed by atoms with Gasteiger partial charge in [0.15, 0.2) is 11.7 Å². The molecule has 1 fully saturated rings. The highest BCUT2D eigenvalue weighted by molar-refractivity contribution is 7.94. The zero-order chi connectivity index (χ0) is 16.2. The number of rotatable bonds is 5. The standard InChI is InChI=1S/C17H22N2O3S/c1-11-10-14(8-9-15(11)23-22-21-18)17-16(19-12(2)20-17)13-6-4-3-5-7-13/h8-10,13H,3-7,18H2,1-2H3. The second-order valence-electron chi connectivity index (χ2n) is 6.01. The average molecular weight is 334 g/mol. The molecule has 124 valence electrons. The average Bonchev–Trinajstić information content (AvgIpc) is 2.96. The van der Waals surface area contributed by atoms with Crippen molar-refractivity contribution in [3.05, 3.63) is 35.3 Å². The predicted octanol–water partition coefficient (Wildman–Crippen LogP) is 4.84. The van der Waals surface area contributed by atoms with Crippen LogP contribution in [0.5, 0.6) is 0 Å². The highest BCUT2D eigenvalue weighted by Gasteiger charge is 2.24. The lowest BCUT2D eigenvalue weighted by Gasteiger charge is -2.20. The Labute approximate surface area is 140 Å². The lowest BCUT2D eigenvalue weighted by atomic mass is 9.85. The minimum atomic E-state index is 0.513. The van der Waals surface area contributed by atoms with Crippen LogP contribution in [0.25, 0.3) is 11.3 Å². The van der Waals surface area contributed by atoms with Gasteiger partial charge >= 0.3 is 0 Å². The first-order valence-electron chi connectivity index (χ1n) is 7.97. The van der Waals surface area contributed by atoms with Gasteiger partial charge in [-0.3, -0.25) is 0 Å². The van der Waals surface area contributed by atoms with Crippen LogP contribution < -0.4 is 5.90 Å². The van der Waals surface area contributed by atoms with Crippen LogP contribution in [-0.4, -0.2) is 4.98 Å². The summed E-state index contributed by atoms with van der Waals surface area (Å²) in [6.45, 7) is 3.94. The van der Waals surface area contributed by atoms with E-state index in [9.17, 15) is 0 Å². The number of aromatic nitrogens is 1. The summed E-state index contributed by atoms with van der Waals surface area (Å²) in [4.78, 5) is 9.78. The lowest BCUT2D eigenvalue weighted by molar-refractivity contribution is -0.195. The van der Waals surface area contributed by atoms with Crippen molar-refractivity contribution < 1.29 is 13.7 Å². The predicted molar refractivity (Wildman–Crippen MR) is 89.5 cm³/mol. The molecule has 3 rings (SSSR count). The summed E-state index contributed by atoms with van der Waals surface area (Å²) in [7, 11) is 0. The van der Waals surface area contributed by atoms with Crippen LogP contribution >= 0.6 is 12.0 Å². The van der Waals surface area contributed by atoms with Crippen molar-refractivity contribution >= 4 is 12.0 Å². The minimum absolute atomic E-state index is 0.513. The monoisotopic (exact) mass is 334 g/mol. The third-order valence-corrected chi connectivity index (χ3v) is 5.14. The van der Waals surface area contributed by atoms with Gasteiger partial charge in [0.2, 0.25) is 0 Å². The SMILES string of the molecule is Cc1nc(C2CCCCC2)c(-c2ccc(SOON)c(C)c2)o1. The van der Waals surface area contributed by atoms with Crippen LogP contribution in [-0.2, 0) is 9.32 Å². The Morgan fingerprint density at radius 3 is 2.70 bits per heavy atom. The van der Waals surface area contributed by atoms with Crippen molar-refractivity contribution in [3.8, 4) is 11.3 Å². The number of hydrogen-bond acceptors (Lipinski definition) is 6. The van der Waals surface area contributed by atoms with E-state index in [1.807, 2.05) is 26.0 Å². The molecular weight excluding hydrogens is 312 g/mol. The van der Waals surface area contributed by atoms with Crippen molar-refractivity contribution in [2.45, 2.75) is 56.8 Å². The fourth-order valence-corrected chi connectivity index (χ4v) is 3.67. The van der Waals surface area contributed by atoms with E-state index in [-0.39, 0.29) is 0 Å². The summed E-state index contributed by atoms with van der Waals surface area (Å²) < 4.78 is 10.7. The molecule has 1 aliphatic carbocycles. The summed E-state index contributed by atoms with van der Waals surface area (Å²) in [5, 5.41) is 0. The molecule has 0 atom stereocenters. The van der Waals surface area contributed by atoms with Gasteiger partial charge in [0.05, 0.1) is 17.7 Å². The molecule has 1 heterocycles. The molecule has 0 spiro atoms. The molecular formula is C17H22N2O3S. The van der Waals surface area contributed by atoms with Crippen LogP contribution in [0.2, 0.25) is 0 Å². The maximum Gasteiger partial charge on any atom is 0.192 e. The third-order valence-electron chi connectivity index (χ3n) is 4.35. The summed E-state index contributed by atoms with van der Waals surface area (Å²) in [5.74, 6) is 7.04. The van der Waals surface area contributed by atoms with Crippen molar-refractivity contribution in [2.24, 2.45) is 5.90 Å². The molecule has 1 aromatic carbocycles. The fourth-order valence-electron chi connectivity index (χ4n) is 3.24. The Morgan fingerprint density at radius 1 is 1.22 bits per heavy atom. The summed E-state index contributed by atoms with van der Waals surface area (Å²) >= 11 is 1.09. The van der Waals surface area contributed by atoms with Crippen molar-refractivity contribution in [1.82, 2.24) is 4.98 Å². The lowest BCUT2D eigenvalue weighted by Crippen LogP contribution is -2.06. The highest BCUT2D eigenvalue weighted by Crippen LogP contribution is 2.39. The molecule has 0 saturated heterocycles. The molecule has 2 aromatic rings. The van der Waals surface area contributed by atoms with Crippen LogP contribution in [0.15, 0.2) is 27.5 Å². The molecule has 23 heavy (non-hydrogen) atoms. The van der Waals surface area contributed by atoms with E-state index in [1.54, 1.807) is 0 Å². The molecule has 1 saturated carbocycles. The van der Waals surface area contributed by atoms with E-state index in [0.717, 1.165) is 45.4 Å². The van der Waals surface area contributed by atoms with Crippen LogP contribution in [0.1, 0.15) is 55.2 Å². The Bertz CT molecular complexity index is 666. The number of oxazole rings is 1. The maximum absolute atomic E-state index is 5.94. The van der Waals surface area contributed by atoms with Crippen molar-refractivity contribution in [2.75, 3.05) is 0 Å². The maximum atomic E-state index is 5.94. The fraction of sp³-hybridized carbons (Fsp3) is 0.471. The first-order valence-corrected chi connectivity index (χ1v) is 8.71. The van der Waals surface area contributed by atoms with Gasteiger partial charge in [-0.05, 0) is 43.5 Å². The zero-order valence-electron chi connectivity index (χ0n) is 13.5. The second-order valence-corrected chi connectivity index (χ2v) is 6.75. The highest BCUT2D eigenvalue weighted by atomic mass is 32.2. The smallest absolute Gasteiger partial charge is 0.192 e. The number of nitrogens with two attached hydrogens (primary N) is 1. The number of aryl methyl sites for hydroxylation is 2. The molecule has 6 heteroatoms. The largest absolute Gasteiger partial charge is 0.441 e. The molecule has 0 unspecified atom stereocenters. The normalized spacial score (nSPS) is 16.0. The van der Waals surface area contributed by atoms with Gasteiger partial charge in [0.1, 0.15) is 0 Å². The molecule has 0 aliphatic heterocycles. The first-order chi connectivity index (χ1) is 11.2. The molecule has 2 N–H and O–H groups in total. The van der Waals surface area contributed by atoms with Crippen molar-refractivity contribution in [3.63, 3.8) is 0 Å². The Balaban J connectivity index is 1.90. The molecule has 0 radical (unpaired) electrons. The number of benzene rings is 1. The number of nitrogens with zero attached hydrogens (tertiary/aromatic N) is 1. The van der Waals surface area contributed by atoms with Gasteiger partial charge in [-0.1, -0.05) is 19.3 Å². The minimum Gasteiger partial charge on any atom is -0.441 e. The molecule has 0 amide bonds. The van der Waals surface area contributed by atoms with E-state index >= 15 is 0 Å².